The van der Waals surface area contributed by atoms with E-state index < -0.39 is 0 Å². The van der Waals surface area contributed by atoms with Crippen LogP contribution >= 0.6 is 0 Å². The first-order valence-corrected chi connectivity index (χ1v) is 8.70. The molecule has 1 saturated heterocycles. The van der Waals surface area contributed by atoms with Crippen LogP contribution in [0, 0.1) is 0 Å². The Labute approximate surface area is 149 Å². The van der Waals surface area contributed by atoms with Crippen molar-refractivity contribution in [1.82, 2.24) is 19.8 Å². The van der Waals surface area contributed by atoms with Crippen LogP contribution in [-0.4, -0.2) is 64.9 Å². The Balaban J connectivity index is 1.53. The number of hydrogen-bond acceptors (Lipinski definition) is 5. The van der Waals surface area contributed by atoms with Gasteiger partial charge in [0.1, 0.15) is 0 Å². The molecule has 132 valence electrons. The number of likely N-dealkylation sites (N-methyl/N-ethyl adjacent to an activating group) is 1. The summed E-state index contributed by atoms with van der Waals surface area (Å²) < 4.78 is 0. The number of rotatable bonds is 5. The number of anilines is 1. The molecule has 1 fully saturated rings. The normalized spacial score (nSPS) is 16.1. The Kier molecular flexibility index (Phi) is 5.60. The summed E-state index contributed by atoms with van der Waals surface area (Å²) in [5.41, 5.74) is 1.22. The Hall–Kier alpha value is -2.47. The van der Waals surface area contributed by atoms with E-state index in [1.165, 1.54) is 5.56 Å². The van der Waals surface area contributed by atoms with E-state index in [2.05, 4.69) is 31.9 Å². The monoisotopic (exact) mass is 339 g/mol. The van der Waals surface area contributed by atoms with Gasteiger partial charge in [0.05, 0.1) is 6.04 Å². The summed E-state index contributed by atoms with van der Waals surface area (Å²) in [4.78, 5) is 27.6. The fraction of sp³-hybridized carbons (Fsp3) is 0.421. The molecule has 0 N–H and O–H groups in total. The summed E-state index contributed by atoms with van der Waals surface area (Å²) in [6.45, 7) is 5.71. The Morgan fingerprint density at radius 1 is 1.08 bits per heavy atom. The van der Waals surface area contributed by atoms with Gasteiger partial charge in [-0.2, -0.15) is 0 Å². The van der Waals surface area contributed by atoms with Crippen LogP contribution in [0.1, 0.15) is 12.5 Å². The van der Waals surface area contributed by atoms with Gasteiger partial charge in [-0.25, -0.2) is 9.97 Å². The Morgan fingerprint density at radius 2 is 1.72 bits per heavy atom. The molecule has 0 aliphatic carbocycles. The maximum atomic E-state index is 12.8. The van der Waals surface area contributed by atoms with E-state index in [9.17, 15) is 4.79 Å². The second-order valence-electron chi connectivity index (χ2n) is 6.44. The fourth-order valence-electron chi connectivity index (χ4n) is 3.04. The van der Waals surface area contributed by atoms with Crippen molar-refractivity contribution >= 4 is 11.9 Å². The summed E-state index contributed by atoms with van der Waals surface area (Å²) in [5.74, 6) is 0.927. The zero-order valence-corrected chi connectivity index (χ0v) is 14.9. The smallest absolute Gasteiger partial charge is 0.239 e. The number of carbonyl (C=O) groups excluding carboxylic acids is 1. The van der Waals surface area contributed by atoms with Gasteiger partial charge in [0.15, 0.2) is 0 Å². The summed E-state index contributed by atoms with van der Waals surface area (Å²) in [7, 11) is 2.00. The van der Waals surface area contributed by atoms with Crippen LogP contribution in [-0.2, 0) is 11.3 Å². The molecule has 1 aromatic heterocycles. The van der Waals surface area contributed by atoms with Crippen molar-refractivity contribution in [3.63, 3.8) is 0 Å². The first kappa shape index (κ1) is 17.4. The van der Waals surface area contributed by atoms with E-state index in [-0.39, 0.29) is 11.9 Å². The minimum atomic E-state index is -0.139. The van der Waals surface area contributed by atoms with E-state index in [4.69, 9.17) is 0 Å². The van der Waals surface area contributed by atoms with E-state index in [0.717, 1.165) is 25.6 Å². The molecule has 6 nitrogen and oxygen atoms in total. The molecule has 0 spiro atoms. The van der Waals surface area contributed by atoms with Gasteiger partial charge in [0.2, 0.25) is 11.9 Å². The predicted octanol–water partition coefficient (Wildman–Crippen LogP) is 1.65. The molecule has 1 aliphatic heterocycles. The highest BCUT2D eigenvalue weighted by Gasteiger charge is 2.27. The molecule has 0 radical (unpaired) electrons. The van der Waals surface area contributed by atoms with Crippen LogP contribution in [0.25, 0.3) is 0 Å². The average Bonchev–Trinajstić information content (AvgIpc) is 2.68. The summed E-state index contributed by atoms with van der Waals surface area (Å²) in [5, 5.41) is 0. The number of piperazine rings is 1. The van der Waals surface area contributed by atoms with Gasteiger partial charge >= 0.3 is 0 Å². The second-order valence-corrected chi connectivity index (χ2v) is 6.44. The first-order valence-electron chi connectivity index (χ1n) is 8.70. The molecule has 0 bridgehead atoms. The van der Waals surface area contributed by atoms with Gasteiger partial charge in [-0.15, -0.1) is 0 Å². The van der Waals surface area contributed by atoms with E-state index in [1.54, 1.807) is 12.4 Å². The van der Waals surface area contributed by atoms with Crippen molar-refractivity contribution in [1.29, 1.82) is 0 Å². The molecule has 0 saturated carbocycles. The molecule has 3 rings (SSSR count). The number of amides is 1. The molecule has 6 heteroatoms. The minimum absolute atomic E-state index is 0.139. The molecule has 1 atom stereocenters. The maximum absolute atomic E-state index is 12.8. The number of nitrogens with zero attached hydrogens (tertiary/aromatic N) is 5. The van der Waals surface area contributed by atoms with E-state index >= 15 is 0 Å². The largest absolute Gasteiger partial charge is 0.338 e. The fourth-order valence-corrected chi connectivity index (χ4v) is 3.04. The van der Waals surface area contributed by atoms with Gasteiger partial charge in [-0.05, 0) is 25.6 Å². The third kappa shape index (κ3) is 4.33. The van der Waals surface area contributed by atoms with Crippen LogP contribution in [0.4, 0.5) is 5.95 Å². The Morgan fingerprint density at radius 3 is 2.36 bits per heavy atom. The molecule has 1 amide bonds. The first-order chi connectivity index (χ1) is 12.1. The highest BCUT2D eigenvalue weighted by atomic mass is 16.2. The molecule has 25 heavy (non-hydrogen) atoms. The zero-order valence-electron chi connectivity index (χ0n) is 14.9. The highest BCUT2D eigenvalue weighted by molar-refractivity contribution is 5.81. The van der Waals surface area contributed by atoms with Gasteiger partial charge in [-0.1, -0.05) is 30.3 Å². The van der Waals surface area contributed by atoms with Crippen molar-refractivity contribution in [3.8, 4) is 0 Å². The maximum Gasteiger partial charge on any atom is 0.239 e. The SMILES string of the molecule is C[C@H](C(=O)N1CCN(c2ncccn2)CC1)N(C)Cc1ccccc1. The minimum Gasteiger partial charge on any atom is -0.338 e. The number of benzene rings is 1. The van der Waals surface area contributed by atoms with E-state index in [0.29, 0.717) is 13.1 Å². The molecule has 0 unspecified atom stereocenters. The Bertz CT molecular complexity index is 671. The van der Waals surface area contributed by atoms with Crippen molar-refractivity contribution in [3.05, 3.63) is 54.4 Å². The lowest BCUT2D eigenvalue weighted by Crippen LogP contribution is -2.53. The molecular weight excluding hydrogens is 314 g/mol. The van der Waals surface area contributed by atoms with Crippen molar-refractivity contribution < 1.29 is 4.79 Å². The van der Waals surface area contributed by atoms with Crippen LogP contribution in [0.3, 0.4) is 0 Å². The van der Waals surface area contributed by atoms with Crippen LogP contribution in [0.2, 0.25) is 0 Å². The van der Waals surface area contributed by atoms with Crippen molar-refractivity contribution in [2.45, 2.75) is 19.5 Å². The van der Waals surface area contributed by atoms with Crippen molar-refractivity contribution in [2.24, 2.45) is 0 Å². The van der Waals surface area contributed by atoms with E-state index in [1.807, 2.05) is 43.1 Å². The summed E-state index contributed by atoms with van der Waals surface area (Å²) in [6, 6.07) is 11.9. The molecule has 2 aromatic rings. The third-order valence-electron chi connectivity index (χ3n) is 4.72. The molecule has 2 heterocycles. The topological polar surface area (TPSA) is 52.6 Å². The van der Waals surface area contributed by atoms with Crippen LogP contribution in [0.5, 0.6) is 0 Å². The van der Waals surface area contributed by atoms with Crippen LogP contribution < -0.4 is 4.90 Å². The lowest BCUT2D eigenvalue weighted by molar-refractivity contribution is -0.136. The van der Waals surface area contributed by atoms with Gasteiger partial charge < -0.3 is 9.80 Å². The third-order valence-corrected chi connectivity index (χ3v) is 4.72. The van der Waals surface area contributed by atoms with Crippen LogP contribution in [0.15, 0.2) is 48.8 Å². The number of hydrogen-bond donors (Lipinski definition) is 0. The highest BCUT2D eigenvalue weighted by Crippen LogP contribution is 2.13. The zero-order chi connectivity index (χ0) is 17.6. The van der Waals surface area contributed by atoms with Gasteiger partial charge in [0.25, 0.3) is 0 Å². The lowest BCUT2D eigenvalue weighted by Gasteiger charge is -2.37. The molecule has 1 aliphatic rings. The molecule has 1 aromatic carbocycles. The molecular formula is C19H25N5O. The average molecular weight is 339 g/mol. The number of carbonyl (C=O) groups is 1. The quantitative estimate of drug-likeness (QED) is 0.829. The summed E-state index contributed by atoms with van der Waals surface area (Å²) >= 11 is 0. The summed E-state index contributed by atoms with van der Waals surface area (Å²) in [6.07, 6.45) is 3.50. The predicted molar refractivity (Wildman–Crippen MR) is 98.2 cm³/mol. The second kappa shape index (κ2) is 8.07. The lowest BCUT2D eigenvalue weighted by atomic mass is 10.1. The van der Waals surface area contributed by atoms with Gasteiger partial charge in [0, 0.05) is 45.1 Å². The van der Waals surface area contributed by atoms with Crippen molar-refractivity contribution in [2.75, 3.05) is 38.1 Å². The number of aromatic nitrogens is 2. The standard InChI is InChI=1S/C19H25N5O/c1-16(22(2)15-17-7-4-3-5-8-17)18(25)23-11-13-24(14-12-23)19-20-9-6-10-21-19/h3-10,16H,11-15H2,1-2H3/t16-/m1/s1. The van der Waals surface area contributed by atoms with Gasteiger partial charge in [-0.3, -0.25) is 9.69 Å².